The van der Waals surface area contributed by atoms with Crippen molar-refractivity contribution in [1.29, 1.82) is 0 Å². The number of nitrogens with zero attached hydrogens (tertiary/aromatic N) is 4. The third-order valence-electron chi connectivity index (χ3n) is 3.48. The van der Waals surface area contributed by atoms with E-state index < -0.39 is 0 Å². The molecule has 2 N–H and O–H groups in total. The molecule has 19 heavy (non-hydrogen) atoms. The van der Waals surface area contributed by atoms with Gasteiger partial charge in [0.15, 0.2) is 5.82 Å². The Kier molecular flexibility index (Phi) is 2.94. The van der Waals surface area contributed by atoms with Gasteiger partial charge in [-0.2, -0.15) is 5.10 Å². The fraction of sp³-hybridized carbons (Fsp3) is 0.462. The summed E-state index contributed by atoms with van der Waals surface area (Å²) in [4.78, 5) is 11.0. The van der Waals surface area contributed by atoms with Gasteiger partial charge in [0.05, 0.1) is 17.4 Å². The lowest BCUT2D eigenvalue weighted by Crippen LogP contribution is -2.22. The Balaban J connectivity index is 1.96. The molecule has 0 saturated carbocycles. The maximum absolute atomic E-state index is 9.60. The molecule has 0 aromatic carbocycles. The van der Waals surface area contributed by atoms with Crippen LogP contribution < -0.4 is 4.90 Å². The molecule has 2 aromatic heterocycles. The number of anilines is 1. The van der Waals surface area contributed by atoms with Gasteiger partial charge in [-0.1, -0.05) is 0 Å². The molecular formula is C13H17N5O. The van der Waals surface area contributed by atoms with Crippen LogP contribution in [0.5, 0.6) is 0 Å². The molecule has 6 heteroatoms. The molecule has 0 aliphatic carbocycles. The van der Waals surface area contributed by atoms with E-state index in [2.05, 4.69) is 25.1 Å². The van der Waals surface area contributed by atoms with E-state index >= 15 is 0 Å². The zero-order chi connectivity index (χ0) is 13.4. The molecule has 3 rings (SSSR count). The number of hydrogen-bond acceptors (Lipinski definition) is 5. The molecule has 0 amide bonds. The summed E-state index contributed by atoms with van der Waals surface area (Å²) in [5.41, 5.74) is 2.83. The van der Waals surface area contributed by atoms with E-state index in [9.17, 15) is 5.11 Å². The lowest BCUT2D eigenvalue weighted by atomic mass is 10.2. The normalized spacial score (nSPS) is 19.1. The topological polar surface area (TPSA) is 77.9 Å². The molecule has 6 nitrogen and oxygen atoms in total. The van der Waals surface area contributed by atoms with Crippen molar-refractivity contribution in [2.75, 3.05) is 18.0 Å². The van der Waals surface area contributed by atoms with Crippen LogP contribution in [0.1, 0.15) is 17.8 Å². The highest BCUT2D eigenvalue weighted by Gasteiger charge is 2.22. The molecule has 2 aromatic rings. The van der Waals surface area contributed by atoms with Crippen molar-refractivity contribution in [3.63, 3.8) is 0 Å². The summed E-state index contributed by atoms with van der Waals surface area (Å²) in [6, 6.07) is 1.88. The van der Waals surface area contributed by atoms with Crippen LogP contribution in [-0.2, 0) is 0 Å². The number of aliphatic hydroxyl groups excluding tert-OH is 1. The maximum Gasteiger partial charge on any atom is 0.165 e. The fourth-order valence-electron chi connectivity index (χ4n) is 2.48. The van der Waals surface area contributed by atoms with Gasteiger partial charge in [-0.05, 0) is 26.3 Å². The second-order valence-electron chi connectivity index (χ2n) is 4.94. The van der Waals surface area contributed by atoms with Crippen molar-refractivity contribution in [2.45, 2.75) is 26.4 Å². The van der Waals surface area contributed by atoms with Gasteiger partial charge >= 0.3 is 0 Å². The first kappa shape index (κ1) is 12.1. The quantitative estimate of drug-likeness (QED) is 0.843. The third-order valence-corrected chi connectivity index (χ3v) is 3.48. The summed E-state index contributed by atoms with van der Waals surface area (Å²) in [5, 5.41) is 16.7. The van der Waals surface area contributed by atoms with Gasteiger partial charge in [0.25, 0.3) is 0 Å². The van der Waals surface area contributed by atoms with Crippen LogP contribution in [0.3, 0.4) is 0 Å². The predicted octanol–water partition coefficient (Wildman–Crippen LogP) is 1.05. The summed E-state index contributed by atoms with van der Waals surface area (Å²) in [6.45, 7) is 5.38. The van der Waals surface area contributed by atoms with Gasteiger partial charge in [0, 0.05) is 25.0 Å². The molecule has 3 heterocycles. The number of aryl methyl sites for hydroxylation is 2. The lowest BCUT2D eigenvalue weighted by molar-refractivity contribution is 0.198. The third kappa shape index (κ3) is 2.19. The Morgan fingerprint density at radius 2 is 2.26 bits per heavy atom. The van der Waals surface area contributed by atoms with Gasteiger partial charge in [-0.25, -0.2) is 9.97 Å². The number of H-pyrrole nitrogens is 1. The van der Waals surface area contributed by atoms with Gasteiger partial charge in [-0.15, -0.1) is 0 Å². The molecular weight excluding hydrogens is 242 g/mol. The van der Waals surface area contributed by atoms with E-state index in [1.54, 1.807) is 6.20 Å². The summed E-state index contributed by atoms with van der Waals surface area (Å²) in [6.07, 6.45) is 2.30. The van der Waals surface area contributed by atoms with Gasteiger partial charge < -0.3 is 10.0 Å². The zero-order valence-corrected chi connectivity index (χ0v) is 11.1. The van der Waals surface area contributed by atoms with Gasteiger partial charge in [0.1, 0.15) is 5.82 Å². The van der Waals surface area contributed by atoms with Crippen molar-refractivity contribution in [1.82, 2.24) is 20.2 Å². The zero-order valence-electron chi connectivity index (χ0n) is 11.1. The fourth-order valence-corrected chi connectivity index (χ4v) is 2.48. The van der Waals surface area contributed by atoms with Crippen molar-refractivity contribution in [2.24, 2.45) is 0 Å². The number of rotatable bonds is 2. The largest absolute Gasteiger partial charge is 0.391 e. The van der Waals surface area contributed by atoms with Crippen molar-refractivity contribution >= 4 is 5.82 Å². The Hall–Kier alpha value is -1.95. The molecule has 0 spiro atoms. The second kappa shape index (κ2) is 4.62. The van der Waals surface area contributed by atoms with Crippen molar-refractivity contribution in [3.05, 3.63) is 23.7 Å². The maximum atomic E-state index is 9.60. The molecule has 1 unspecified atom stereocenters. The average molecular weight is 259 g/mol. The molecule has 1 saturated heterocycles. The lowest BCUT2D eigenvalue weighted by Gasteiger charge is -2.16. The smallest absolute Gasteiger partial charge is 0.165 e. The first-order valence-corrected chi connectivity index (χ1v) is 6.43. The summed E-state index contributed by atoms with van der Waals surface area (Å²) >= 11 is 0. The average Bonchev–Trinajstić information content (AvgIpc) is 2.97. The van der Waals surface area contributed by atoms with Crippen LogP contribution in [0, 0.1) is 13.8 Å². The molecule has 0 radical (unpaired) electrons. The van der Waals surface area contributed by atoms with Crippen LogP contribution in [0.15, 0.2) is 12.3 Å². The molecule has 1 aliphatic rings. The van der Waals surface area contributed by atoms with Crippen LogP contribution in [-0.4, -0.2) is 44.5 Å². The Morgan fingerprint density at radius 1 is 1.42 bits per heavy atom. The van der Waals surface area contributed by atoms with E-state index in [0.717, 1.165) is 35.7 Å². The Morgan fingerprint density at radius 3 is 2.89 bits per heavy atom. The van der Waals surface area contributed by atoms with E-state index in [4.69, 9.17) is 0 Å². The first-order valence-electron chi connectivity index (χ1n) is 6.43. The summed E-state index contributed by atoms with van der Waals surface area (Å²) < 4.78 is 0. The minimum Gasteiger partial charge on any atom is -0.391 e. The van der Waals surface area contributed by atoms with Crippen LogP contribution in [0.2, 0.25) is 0 Å². The van der Waals surface area contributed by atoms with Gasteiger partial charge in [0.2, 0.25) is 0 Å². The van der Waals surface area contributed by atoms with Crippen molar-refractivity contribution < 1.29 is 5.11 Å². The first-order chi connectivity index (χ1) is 9.15. The van der Waals surface area contributed by atoms with Crippen LogP contribution >= 0.6 is 0 Å². The Bertz CT molecular complexity index is 575. The molecule has 1 aliphatic heterocycles. The van der Waals surface area contributed by atoms with Crippen LogP contribution in [0.4, 0.5) is 5.82 Å². The summed E-state index contributed by atoms with van der Waals surface area (Å²) in [5.74, 6) is 1.55. The Labute approximate surface area is 111 Å². The standard InChI is InChI=1S/C13H17N5O/c1-8-12(9(2)17-16-8)13-14-5-3-11(15-13)18-6-4-10(19)7-18/h3,5,10,19H,4,6-7H2,1-2H3,(H,16,17). The number of aromatic amines is 1. The SMILES string of the molecule is Cc1n[nH]c(C)c1-c1nccc(N2CCC(O)C2)n1. The highest BCUT2D eigenvalue weighted by Crippen LogP contribution is 2.24. The molecule has 100 valence electrons. The highest BCUT2D eigenvalue weighted by molar-refractivity contribution is 5.62. The van der Waals surface area contributed by atoms with E-state index in [1.165, 1.54) is 0 Å². The van der Waals surface area contributed by atoms with E-state index in [-0.39, 0.29) is 6.10 Å². The number of nitrogens with one attached hydrogen (secondary N) is 1. The minimum absolute atomic E-state index is 0.254. The highest BCUT2D eigenvalue weighted by atomic mass is 16.3. The van der Waals surface area contributed by atoms with Gasteiger partial charge in [-0.3, -0.25) is 5.10 Å². The van der Waals surface area contributed by atoms with E-state index in [1.807, 2.05) is 19.9 Å². The molecule has 0 bridgehead atoms. The molecule has 1 fully saturated rings. The number of β-amino-alcohol motifs (C(OH)–C–C–N with tert-alkyl or cyclic N) is 1. The minimum atomic E-state index is -0.254. The molecule has 1 atom stereocenters. The summed E-state index contributed by atoms with van der Waals surface area (Å²) in [7, 11) is 0. The number of hydrogen-bond donors (Lipinski definition) is 2. The monoisotopic (exact) mass is 259 g/mol. The number of aliphatic hydroxyl groups is 1. The van der Waals surface area contributed by atoms with E-state index in [0.29, 0.717) is 12.4 Å². The number of aromatic nitrogens is 4. The van der Waals surface area contributed by atoms with Crippen LogP contribution in [0.25, 0.3) is 11.4 Å². The predicted molar refractivity (Wildman–Crippen MR) is 71.9 cm³/mol. The van der Waals surface area contributed by atoms with Crippen molar-refractivity contribution in [3.8, 4) is 11.4 Å². The second-order valence-corrected chi connectivity index (χ2v) is 4.94.